The Balaban J connectivity index is 1.33. The van der Waals surface area contributed by atoms with E-state index < -0.39 is 0 Å². The van der Waals surface area contributed by atoms with Crippen LogP contribution in [-0.2, 0) is 17.6 Å². The van der Waals surface area contributed by atoms with Gasteiger partial charge in [0, 0.05) is 41.7 Å². The molecule has 1 aliphatic rings. The van der Waals surface area contributed by atoms with Crippen LogP contribution in [0.25, 0.3) is 10.9 Å². The predicted molar refractivity (Wildman–Crippen MR) is 111 cm³/mol. The zero-order valence-corrected chi connectivity index (χ0v) is 16.3. The van der Waals surface area contributed by atoms with Crippen molar-refractivity contribution in [3.05, 3.63) is 77.6 Å². The third kappa shape index (κ3) is 3.31. The van der Waals surface area contributed by atoms with Crippen LogP contribution >= 0.6 is 0 Å². The molecule has 1 aliphatic heterocycles. The van der Waals surface area contributed by atoms with Crippen molar-refractivity contribution in [2.45, 2.75) is 32.1 Å². The van der Waals surface area contributed by atoms with E-state index in [-0.39, 0.29) is 11.8 Å². The predicted octanol–water partition coefficient (Wildman–Crippen LogP) is 4.22. The van der Waals surface area contributed by atoms with Crippen LogP contribution in [0.4, 0.5) is 5.69 Å². The Morgan fingerprint density at radius 3 is 3.00 bits per heavy atom. The summed E-state index contributed by atoms with van der Waals surface area (Å²) in [6, 6.07) is 16.3. The normalized spacial score (nSPS) is 16.8. The van der Waals surface area contributed by atoms with Gasteiger partial charge in [0.1, 0.15) is 0 Å². The molecule has 2 aromatic heterocycles. The maximum atomic E-state index is 12.6. The number of aromatic nitrogens is 3. The lowest BCUT2D eigenvalue weighted by Crippen LogP contribution is -2.24. The zero-order valence-electron chi connectivity index (χ0n) is 16.3. The molecule has 0 saturated carbocycles. The summed E-state index contributed by atoms with van der Waals surface area (Å²) in [7, 11) is 0. The number of aryl methyl sites for hydroxylation is 1. The first-order chi connectivity index (χ1) is 14.2. The molecule has 0 bridgehead atoms. The van der Waals surface area contributed by atoms with Crippen LogP contribution in [0.1, 0.15) is 42.1 Å². The van der Waals surface area contributed by atoms with Gasteiger partial charge in [-0.2, -0.15) is 4.98 Å². The van der Waals surface area contributed by atoms with Crippen molar-refractivity contribution >= 4 is 22.5 Å². The van der Waals surface area contributed by atoms with E-state index in [1.807, 2.05) is 41.4 Å². The number of benzene rings is 2. The summed E-state index contributed by atoms with van der Waals surface area (Å²) in [5.74, 6) is 1.24. The fourth-order valence-corrected chi connectivity index (χ4v) is 4.02. The molecule has 3 heterocycles. The number of amides is 1. The van der Waals surface area contributed by atoms with E-state index >= 15 is 0 Å². The number of anilines is 1. The second kappa shape index (κ2) is 7.20. The number of nitrogens with one attached hydrogen (secondary N) is 1. The zero-order chi connectivity index (χ0) is 19.8. The van der Waals surface area contributed by atoms with Crippen molar-refractivity contribution in [2.75, 3.05) is 11.4 Å². The second-order valence-electron chi connectivity index (χ2n) is 7.51. The van der Waals surface area contributed by atoms with Crippen molar-refractivity contribution in [1.29, 1.82) is 0 Å². The van der Waals surface area contributed by atoms with Gasteiger partial charge >= 0.3 is 0 Å². The number of H-pyrrole nitrogens is 1. The summed E-state index contributed by atoms with van der Waals surface area (Å²) in [5, 5.41) is 5.34. The average Bonchev–Trinajstić information content (AvgIpc) is 3.47. The lowest BCUT2D eigenvalue weighted by atomic mass is 10.1. The van der Waals surface area contributed by atoms with E-state index in [0.717, 1.165) is 28.6 Å². The van der Waals surface area contributed by atoms with E-state index in [1.165, 1.54) is 5.56 Å². The molecule has 1 N–H and O–H groups in total. The SMILES string of the molecule is CCc1cccc(N2CC(c3noc(Cc4c[nH]c5ccccc45)n3)CC2=O)c1. The van der Waals surface area contributed by atoms with Gasteiger partial charge in [-0.05, 0) is 35.7 Å². The number of aromatic amines is 1. The Labute approximate surface area is 168 Å². The lowest BCUT2D eigenvalue weighted by Gasteiger charge is -2.17. The molecule has 1 unspecified atom stereocenters. The minimum Gasteiger partial charge on any atom is -0.361 e. The molecule has 1 amide bonds. The van der Waals surface area contributed by atoms with E-state index in [1.54, 1.807) is 0 Å². The number of hydrogen-bond donors (Lipinski definition) is 1. The molecule has 0 radical (unpaired) electrons. The maximum absolute atomic E-state index is 12.6. The number of hydrogen-bond acceptors (Lipinski definition) is 4. The smallest absolute Gasteiger partial charge is 0.231 e. The van der Waals surface area contributed by atoms with Gasteiger partial charge in [-0.25, -0.2) is 0 Å². The molecule has 5 rings (SSSR count). The van der Waals surface area contributed by atoms with Crippen LogP contribution in [0.2, 0.25) is 0 Å². The van der Waals surface area contributed by atoms with Gasteiger partial charge in [-0.15, -0.1) is 0 Å². The van der Waals surface area contributed by atoms with Crippen LogP contribution < -0.4 is 4.90 Å². The standard InChI is InChI=1S/C23H22N4O2/c1-2-15-6-5-7-18(10-15)27-14-17(12-22(27)28)23-25-21(29-26-23)11-16-13-24-20-9-4-3-8-19(16)20/h3-10,13,17,24H,2,11-12,14H2,1H3. The molecule has 1 fully saturated rings. The highest BCUT2D eigenvalue weighted by Gasteiger charge is 2.34. The third-order valence-corrected chi connectivity index (χ3v) is 5.62. The summed E-state index contributed by atoms with van der Waals surface area (Å²) in [5.41, 5.74) is 4.38. The van der Waals surface area contributed by atoms with Gasteiger partial charge in [-0.1, -0.05) is 42.4 Å². The molecule has 146 valence electrons. The topological polar surface area (TPSA) is 75.0 Å². The Morgan fingerprint density at radius 2 is 2.10 bits per heavy atom. The summed E-state index contributed by atoms with van der Waals surface area (Å²) < 4.78 is 5.51. The summed E-state index contributed by atoms with van der Waals surface area (Å²) in [4.78, 5) is 22.3. The second-order valence-corrected chi connectivity index (χ2v) is 7.51. The summed E-state index contributed by atoms with van der Waals surface area (Å²) in [6.07, 6.45) is 3.90. The molecule has 2 aromatic carbocycles. The number of carbonyl (C=O) groups excluding carboxylic acids is 1. The Hall–Kier alpha value is -3.41. The van der Waals surface area contributed by atoms with Crippen LogP contribution in [0.15, 0.2) is 59.3 Å². The van der Waals surface area contributed by atoms with E-state index in [2.05, 4.69) is 40.2 Å². The number of para-hydroxylation sites is 1. The van der Waals surface area contributed by atoms with E-state index in [4.69, 9.17) is 4.52 Å². The van der Waals surface area contributed by atoms with Crippen molar-refractivity contribution in [3.63, 3.8) is 0 Å². The molecule has 6 heteroatoms. The quantitative estimate of drug-likeness (QED) is 0.557. The highest BCUT2D eigenvalue weighted by Crippen LogP contribution is 2.31. The molecule has 1 saturated heterocycles. The first kappa shape index (κ1) is 17.7. The largest absolute Gasteiger partial charge is 0.361 e. The maximum Gasteiger partial charge on any atom is 0.231 e. The minimum absolute atomic E-state index is 0.0479. The number of carbonyl (C=O) groups is 1. The number of nitrogens with zero attached hydrogens (tertiary/aromatic N) is 3. The molecule has 29 heavy (non-hydrogen) atoms. The van der Waals surface area contributed by atoms with Crippen molar-refractivity contribution < 1.29 is 9.32 Å². The molecule has 0 aliphatic carbocycles. The van der Waals surface area contributed by atoms with Gasteiger partial charge in [0.2, 0.25) is 11.8 Å². The lowest BCUT2D eigenvalue weighted by molar-refractivity contribution is -0.117. The van der Waals surface area contributed by atoms with Gasteiger partial charge in [-0.3, -0.25) is 4.79 Å². The highest BCUT2D eigenvalue weighted by molar-refractivity contribution is 5.96. The molecule has 0 spiro atoms. The van der Waals surface area contributed by atoms with Gasteiger partial charge in [0.15, 0.2) is 5.82 Å². The molecule has 6 nitrogen and oxygen atoms in total. The van der Waals surface area contributed by atoms with Crippen molar-refractivity contribution in [1.82, 2.24) is 15.1 Å². The summed E-state index contributed by atoms with van der Waals surface area (Å²) >= 11 is 0. The van der Waals surface area contributed by atoms with Crippen LogP contribution in [0, 0.1) is 0 Å². The number of rotatable bonds is 5. The van der Waals surface area contributed by atoms with Gasteiger partial charge in [0.25, 0.3) is 0 Å². The fraction of sp³-hybridized carbons (Fsp3) is 0.261. The first-order valence-electron chi connectivity index (χ1n) is 9.98. The average molecular weight is 386 g/mol. The Kier molecular flexibility index (Phi) is 4.39. The van der Waals surface area contributed by atoms with Crippen LogP contribution in [0.5, 0.6) is 0 Å². The van der Waals surface area contributed by atoms with Crippen LogP contribution in [-0.4, -0.2) is 27.6 Å². The van der Waals surface area contributed by atoms with Crippen molar-refractivity contribution in [2.24, 2.45) is 0 Å². The van der Waals surface area contributed by atoms with Gasteiger partial charge < -0.3 is 14.4 Å². The molecule has 1 atom stereocenters. The summed E-state index contributed by atoms with van der Waals surface area (Å²) in [6.45, 7) is 2.69. The van der Waals surface area contributed by atoms with Crippen LogP contribution in [0.3, 0.4) is 0 Å². The molecular weight excluding hydrogens is 364 g/mol. The van der Waals surface area contributed by atoms with E-state index in [0.29, 0.717) is 31.1 Å². The monoisotopic (exact) mass is 386 g/mol. The molecule has 4 aromatic rings. The number of fused-ring (bicyclic) bond motifs is 1. The molecular formula is C23H22N4O2. The highest BCUT2D eigenvalue weighted by atomic mass is 16.5. The van der Waals surface area contributed by atoms with Crippen molar-refractivity contribution in [3.8, 4) is 0 Å². The Morgan fingerprint density at radius 1 is 1.21 bits per heavy atom. The Bertz CT molecular complexity index is 1180. The minimum atomic E-state index is -0.0479. The third-order valence-electron chi connectivity index (χ3n) is 5.62. The first-order valence-corrected chi connectivity index (χ1v) is 9.98. The van der Waals surface area contributed by atoms with E-state index in [9.17, 15) is 4.79 Å². The fourth-order valence-electron chi connectivity index (χ4n) is 4.02. The van der Waals surface area contributed by atoms with Gasteiger partial charge in [0.05, 0.1) is 6.42 Å².